The molecule has 0 N–H and O–H groups in total. The summed E-state index contributed by atoms with van der Waals surface area (Å²) in [6.45, 7) is 4.02. The first kappa shape index (κ1) is 14.6. The molecule has 20 heavy (non-hydrogen) atoms. The van der Waals surface area contributed by atoms with E-state index in [9.17, 15) is 0 Å². The number of para-hydroxylation sites is 1. The zero-order valence-electron chi connectivity index (χ0n) is 10.7. The van der Waals surface area contributed by atoms with Gasteiger partial charge in [-0.2, -0.15) is 0 Å². The van der Waals surface area contributed by atoms with E-state index in [0.29, 0.717) is 0 Å². The minimum atomic E-state index is -4.94. The van der Waals surface area contributed by atoms with Crippen LogP contribution in [-0.4, -0.2) is 14.8 Å². The molecule has 2 aromatic heterocycles. The van der Waals surface area contributed by atoms with Gasteiger partial charge in [-0.3, -0.25) is 0 Å². The van der Waals surface area contributed by atoms with E-state index in [1.807, 2.05) is 53.4 Å². The summed E-state index contributed by atoms with van der Waals surface area (Å²) in [6.07, 6.45) is 0. The molecule has 0 spiro atoms. The van der Waals surface area contributed by atoms with E-state index in [-0.39, 0.29) is 0 Å². The van der Waals surface area contributed by atoms with Crippen LogP contribution in [0.4, 0.5) is 0 Å². The second kappa shape index (κ2) is 5.27. The Morgan fingerprint density at radius 1 is 1.10 bits per heavy atom. The van der Waals surface area contributed by atoms with Crippen molar-refractivity contribution < 1.29 is 33.5 Å². The zero-order valence-corrected chi connectivity index (χ0v) is 11.4. The Hall–Kier alpha value is -1.84. The van der Waals surface area contributed by atoms with Gasteiger partial charge in [0.15, 0.2) is 0 Å². The number of nitrogens with zero attached hydrogens (tertiary/aromatic N) is 4. The molecule has 0 amide bonds. The van der Waals surface area contributed by atoms with Gasteiger partial charge in [0.2, 0.25) is 5.52 Å². The topological polar surface area (TPSA) is 127 Å². The van der Waals surface area contributed by atoms with Crippen LogP contribution in [0, 0.1) is 24.1 Å². The molecule has 9 heteroatoms. The third-order valence-corrected chi connectivity index (χ3v) is 2.46. The lowest BCUT2D eigenvalue weighted by atomic mass is 10.3. The van der Waals surface area contributed by atoms with Crippen LogP contribution in [0.3, 0.4) is 0 Å². The third-order valence-electron chi connectivity index (χ3n) is 2.46. The molecule has 0 saturated carbocycles. The lowest BCUT2D eigenvalue weighted by Gasteiger charge is -2.17. The predicted octanol–water partition coefficient (Wildman–Crippen LogP) is -3.67. The second-order valence-electron chi connectivity index (χ2n) is 4.07. The molecule has 0 atom stereocenters. The van der Waals surface area contributed by atoms with E-state index >= 15 is 0 Å². The summed E-state index contributed by atoms with van der Waals surface area (Å²) in [5, 5.41) is 8.91. The van der Waals surface area contributed by atoms with Gasteiger partial charge in [0.05, 0.1) is 10.8 Å². The SMILES string of the molecule is Cc1cc(C)n2nc3ccccc3[n+]2n1.[O-][Cl+3]([O-])([O-])[O-]. The summed E-state index contributed by atoms with van der Waals surface area (Å²) in [7, 11) is -4.94. The van der Waals surface area contributed by atoms with Gasteiger partial charge >= 0.3 is 0 Å². The van der Waals surface area contributed by atoms with Crippen LogP contribution in [0.25, 0.3) is 11.0 Å². The first-order chi connectivity index (χ1) is 9.25. The van der Waals surface area contributed by atoms with Gasteiger partial charge in [-0.1, -0.05) is 17.2 Å². The van der Waals surface area contributed by atoms with Gasteiger partial charge < -0.3 is 0 Å². The van der Waals surface area contributed by atoms with Gasteiger partial charge in [0.1, 0.15) is 5.69 Å². The number of hydrogen-bond acceptors (Lipinski definition) is 6. The Morgan fingerprint density at radius 2 is 1.70 bits per heavy atom. The number of halogens is 1. The number of aromatic nitrogens is 4. The molecule has 1 aromatic carbocycles. The Balaban J connectivity index is 0.000000257. The fraction of sp³-hybridized carbons (Fsp3) is 0.182. The van der Waals surface area contributed by atoms with Crippen molar-refractivity contribution in [3.05, 3.63) is 41.7 Å². The first-order valence-electron chi connectivity index (χ1n) is 5.52. The van der Waals surface area contributed by atoms with E-state index < -0.39 is 10.2 Å². The molecule has 106 valence electrons. The van der Waals surface area contributed by atoms with Gasteiger partial charge in [-0.25, -0.2) is 18.6 Å². The molecule has 0 aliphatic heterocycles. The molecule has 8 nitrogen and oxygen atoms in total. The zero-order chi connectivity index (χ0) is 14.9. The maximum atomic E-state index is 8.49. The number of aryl methyl sites for hydroxylation is 2. The maximum absolute atomic E-state index is 8.49. The molecule has 0 bridgehead atoms. The summed E-state index contributed by atoms with van der Waals surface area (Å²) < 4.78 is 37.6. The van der Waals surface area contributed by atoms with Crippen molar-refractivity contribution in [3.8, 4) is 0 Å². The molecule has 2 heterocycles. The van der Waals surface area contributed by atoms with Crippen LogP contribution in [0.2, 0.25) is 0 Å². The highest BCUT2D eigenvalue weighted by atomic mass is 35.7. The van der Waals surface area contributed by atoms with Crippen LogP contribution < -0.4 is 23.3 Å². The van der Waals surface area contributed by atoms with Crippen LogP contribution in [0.1, 0.15) is 11.4 Å². The lowest BCUT2D eigenvalue weighted by molar-refractivity contribution is -2.00. The molecule has 3 rings (SSSR count). The highest BCUT2D eigenvalue weighted by Crippen LogP contribution is 2.06. The van der Waals surface area contributed by atoms with E-state index in [0.717, 1.165) is 22.4 Å². The lowest BCUT2D eigenvalue weighted by Crippen LogP contribution is -2.68. The van der Waals surface area contributed by atoms with E-state index in [2.05, 4.69) is 10.2 Å². The third kappa shape index (κ3) is 3.38. The van der Waals surface area contributed by atoms with E-state index in [1.54, 1.807) is 0 Å². The molecular formula is C11H11ClN4O4. The molecule has 3 aromatic rings. The molecule has 0 unspecified atom stereocenters. The van der Waals surface area contributed by atoms with Crippen LogP contribution in [0.5, 0.6) is 0 Å². The summed E-state index contributed by atoms with van der Waals surface area (Å²) >= 11 is 0. The molecule has 0 aliphatic carbocycles. The molecule has 0 fully saturated rings. The average Bonchev–Trinajstić information content (AvgIpc) is 2.66. The first-order valence-corrected chi connectivity index (χ1v) is 6.75. The van der Waals surface area contributed by atoms with Crippen molar-refractivity contribution in [1.82, 2.24) is 14.8 Å². The fourth-order valence-corrected chi connectivity index (χ4v) is 1.83. The van der Waals surface area contributed by atoms with Crippen LogP contribution in [0.15, 0.2) is 30.3 Å². The summed E-state index contributed by atoms with van der Waals surface area (Å²) in [5.41, 5.74) is 4.07. The number of benzene rings is 1. The van der Waals surface area contributed by atoms with Gasteiger partial charge in [-0.05, 0) is 36.7 Å². The van der Waals surface area contributed by atoms with Crippen molar-refractivity contribution in [2.75, 3.05) is 0 Å². The van der Waals surface area contributed by atoms with Crippen molar-refractivity contribution in [2.24, 2.45) is 0 Å². The van der Waals surface area contributed by atoms with Crippen molar-refractivity contribution in [1.29, 1.82) is 0 Å². The monoisotopic (exact) mass is 298 g/mol. The fourth-order valence-electron chi connectivity index (χ4n) is 1.83. The Kier molecular flexibility index (Phi) is 3.84. The highest BCUT2D eigenvalue weighted by Gasteiger charge is 2.15. The van der Waals surface area contributed by atoms with E-state index in [4.69, 9.17) is 18.6 Å². The smallest absolute Gasteiger partial charge is 0.222 e. The molecule has 0 aliphatic rings. The second-order valence-corrected chi connectivity index (χ2v) is 4.83. The van der Waals surface area contributed by atoms with Crippen molar-refractivity contribution in [2.45, 2.75) is 13.8 Å². The summed E-state index contributed by atoms with van der Waals surface area (Å²) in [6, 6.07) is 10.0. The summed E-state index contributed by atoms with van der Waals surface area (Å²) in [4.78, 5) is 0. The Bertz CT molecular complexity index is 747. The van der Waals surface area contributed by atoms with Gasteiger partial charge in [0, 0.05) is 4.63 Å². The van der Waals surface area contributed by atoms with Gasteiger partial charge in [0.25, 0.3) is 5.52 Å². The average molecular weight is 299 g/mol. The van der Waals surface area contributed by atoms with Gasteiger partial charge in [-0.15, -0.1) is 10.2 Å². The predicted molar refractivity (Wildman–Crippen MR) is 55.6 cm³/mol. The minimum absolute atomic E-state index is 0.962. The van der Waals surface area contributed by atoms with E-state index in [1.165, 1.54) is 0 Å². The van der Waals surface area contributed by atoms with Crippen LogP contribution in [-0.2, 0) is 0 Å². The molecule has 0 saturated heterocycles. The number of fused-ring (bicyclic) bond motifs is 3. The largest absolute Gasteiger partial charge is 0.252 e. The van der Waals surface area contributed by atoms with Crippen molar-refractivity contribution >= 4 is 11.0 Å². The normalized spacial score (nSPS) is 11.5. The summed E-state index contributed by atoms with van der Waals surface area (Å²) in [5.74, 6) is 0. The van der Waals surface area contributed by atoms with Crippen molar-refractivity contribution in [3.63, 3.8) is 0 Å². The standard InChI is InChI=1S/C11H11N4.ClHO4/c1-8-7-9(2)14-13-10-5-3-4-6-11(10)15(14)12-8;2-1(3,4)5/h3-7H,1-2H3;(H,2,3,4,5)/q+1;/p-1. The Labute approximate surface area is 115 Å². The minimum Gasteiger partial charge on any atom is -0.222 e. The molecule has 0 radical (unpaired) electrons. The number of rotatable bonds is 0. The quantitative estimate of drug-likeness (QED) is 0.393. The van der Waals surface area contributed by atoms with Crippen LogP contribution >= 0.6 is 0 Å². The highest BCUT2D eigenvalue weighted by molar-refractivity contribution is 5.69. The maximum Gasteiger partial charge on any atom is 0.252 e. The molecular weight excluding hydrogens is 288 g/mol. The number of hydrogen-bond donors (Lipinski definition) is 0. The Morgan fingerprint density at radius 3 is 2.35 bits per heavy atom.